The van der Waals surface area contributed by atoms with Crippen LogP contribution < -0.4 is 22.3 Å². The zero-order valence-corrected chi connectivity index (χ0v) is 7.64. The van der Waals surface area contributed by atoms with Gasteiger partial charge in [-0.05, 0) is 0 Å². The van der Waals surface area contributed by atoms with Crippen molar-refractivity contribution in [3.63, 3.8) is 0 Å². The molecule has 11 heteroatoms. The van der Waals surface area contributed by atoms with Gasteiger partial charge >= 0.3 is 10.3 Å². The molecule has 0 saturated carbocycles. The van der Waals surface area contributed by atoms with Crippen LogP contribution in [0.5, 0.6) is 0 Å². The molecule has 1 aromatic rings. The first-order valence-electron chi connectivity index (χ1n) is 2.96. The van der Waals surface area contributed by atoms with Gasteiger partial charge in [0.2, 0.25) is 17.8 Å². The molecule has 0 atom stereocenters. The van der Waals surface area contributed by atoms with Gasteiger partial charge in [-0.2, -0.15) is 23.4 Å². The fraction of sp³-hybridized carbons (Fsp3) is 0. The minimum atomic E-state index is -4.17. The second-order valence-corrected chi connectivity index (χ2v) is 2.95. The third kappa shape index (κ3) is 8.38. The van der Waals surface area contributed by atoms with E-state index in [0.717, 1.165) is 0 Å². The molecule has 0 bridgehead atoms. The van der Waals surface area contributed by atoms with Gasteiger partial charge in [0.15, 0.2) is 0 Å². The van der Waals surface area contributed by atoms with E-state index in [1.54, 1.807) is 0 Å². The Morgan fingerprint density at radius 1 is 0.929 bits per heavy atom. The Labute approximate surface area is 79.2 Å². The first-order chi connectivity index (χ1) is 6.18. The quantitative estimate of drug-likeness (QED) is 0.292. The summed E-state index contributed by atoms with van der Waals surface area (Å²) in [6.07, 6.45) is 0. The molecule has 0 aliphatic rings. The second kappa shape index (κ2) is 4.50. The highest BCUT2D eigenvalue weighted by Crippen LogP contribution is 1.97. The van der Waals surface area contributed by atoms with Gasteiger partial charge in [-0.3, -0.25) is 4.55 Å². The van der Waals surface area contributed by atoms with Crippen LogP contribution >= 0.6 is 0 Å². The highest BCUT2D eigenvalue weighted by atomic mass is 32.2. The molecule has 0 spiro atoms. The Balaban J connectivity index is 0.000000292. The Bertz CT molecular complexity index is 344. The van der Waals surface area contributed by atoms with E-state index in [0.29, 0.717) is 0 Å². The maximum atomic E-state index is 8.97. The smallest absolute Gasteiger partial charge is 0.330 e. The van der Waals surface area contributed by atoms with Crippen molar-refractivity contribution in [2.24, 2.45) is 5.14 Å². The maximum absolute atomic E-state index is 8.97. The molecule has 10 nitrogen and oxygen atoms in total. The summed E-state index contributed by atoms with van der Waals surface area (Å²) >= 11 is 0. The molecule has 0 unspecified atom stereocenters. The van der Waals surface area contributed by atoms with Crippen molar-refractivity contribution in [1.29, 1.82) is 0 Å². The summed E-state index contributed by atoms with van der Waals surface area (Å²) in [6.45, 7) is 0. The van der Waals surface area contributed by atoms with Crippen LogP contribution in [-0.2, 0) is 10.3 Å². The summed E-state index contributed by atoms with van der Waals surface area (Å²) in [6, 6.07) is 0. The number of hydrogen-bond acceptors (Lipinski definition) is 8. The SMILES string of the molecule is NS(=O)(=O)O.Nc1nc(N)nc(N)n1. The average Bonchev–Trinajstić information content (AvgIpc) is 1.77. The molecule has 0 aliphatic carbocycles. The lowest BCUT2D eigenvalue weighted by molar-refractivity contribution is 0.485. The van der Waals surface area contributed by atoms with Gasteiger partial charge in [0.25, 0.3) is 0 Å². The summed E-state index contributed by atoms with van der Waals surface area (Å²) in [5, 5.41) is 3.88. The largest absolute Gasteiger partial charge is 0.368 e. The summed E-state index contributed by atoms with van der Waals surface area (Å²) in [5.74, 6) is 0.125. The third-order valence-electron chi connectivity index (χ3n) is 0.687. The minimum absolute atomic E-state index is 0.0417. The van der Waals surface area contributed by atoms with E-state index in [1.165, 1.54) is 0 Å². The fourth-order valence-electron chi connectivity index (χ4n) is 0.427. The van der Waals surface area contributed by atoms with Crippen LogP contribution in [0.4, 0.5) is 17.8 Å². The predicted molar refractivity (Wildman–Crippen MR) is 48.8 cm³/mol. The summed E-state index contributed by atoms with van der Waals surface area (Å²) < 4.78 is 25.2. The molecule has 1 heterocycles. The number of rotatable bonds is 0. The molecule has 9 N–H and O–H groups in total. The molecule has 14 heavy (non-hydrogen) atoms. The van der Waals surface area contributed by atoms with Gasteiger partial charge < -0.3 is 17.2 Å². The van der Waals surface area contributed by atoms with Crippen molar-refractivity contribution in [3.8, 4) is 0 Å². The van der Waals surface area contributed by atoms with Gasteiger partial charge in [0, 0.05) is 0 Å². The second-order valence-electron chi connectivity index (χ2n) is 1.92. The van der Waals surface area contributed by atoms with Gasteiger partial charge in [-0.15, -0.1) is 0 Å². The normalized spacial score (nSPS) is 10.1. The molecular formula is C3H9N7O3S. The van der Waals surface area contributed by atoms with Crippen LogP contribution in [-0.4, -0.2) is 27.9 Å². The number of hydrogen-bond donors (Lipinski definition) is 5. The zero-order chi connectivity index (χ0) is 11.4. The van der Waals surface area contributed by atoms with E-state index >= 15 is 0 Å². The van der Waals surface area contributed by atoms with Crippen LogP contribution in [0.25, 0.3) is 0 Å². The number of anilines is 3. The lowest BCUT2D eigenvalue weighted by Gasteiger charge is -1.93. The van der Waals surface area contributed by atoms with Crippen LogP contribution in [0.1, 0.15) is 0 Å². The van der Waals surface area contributed by atoms with Crippen molar-refractivity contribution in [3.05, 3.63) is 0 Å². The first-order valence-corrected chi connectivity index (χ1v) is 4.46. The molecule has 0 saturated heterocycles. The Kier molecular flexibility index (Phi) is 3.95. The summed E-state index contributed by atoms with van der Waals surface area (Å²) in [5.41, 5.74) is 15.4. The lowest BCUT2D eigenvalue weighted by atomic mass is 10.9. The van der Waals surface area contributed by atoms with Crippen LogP contribution in [0.3, 0.4) is 0 Å². The summed E-state index contributed by atoms with van der Waals surface area (Å²) in [7, 11) is -4.17. The van der Waals surface area contributed by atoms with E-state index in [2.05, 4.69) is 20.1 Å². The monoisotopic (exact) mass is 223 g/mol. The van der Waals surface area contributed by atoms with Crippen LogP contribution in [0.15, 0.2) is 0 Å². The molecule has 0 amide bonds. The number of aromatic nitrogens is 3. The highest BCUT2D eigenvalue weighted by Gasteiger charge is 1.93. The minimum Gasteiger partial charge on any atom is -0.368 e. The predicted octanol–water partition coefficient (Wildman–Crippen LogP) is -2.63. The van der Waals surface area contributed by atoms with Crippen molar-refractivity contribution in [2.75, 3.05) is 17.2 Å². The fourth-order valence-corrected chi connectivity index (χ4v) is 0.427. The molecule has 80 valence electrons. The standard InChI is InChI=1S/C3H6N6.H3NO3S/c4-1-7-2(5)9-3(6)8-1;1-5(2,3)4/h(H6,4,5,6,7,8,9);(H3,1,2,3,4). The van der Waals surface area contributed by atoms with E-state index in [9.17, 15) is 0 Å². The third-order valence-corrected chi connectivity index (χ3v) is 0.687. The Morgan fingerprint density at radius 3 is 1.21 bits per heavy atom. The topological polar surface area (TPSA) is 197 Å². The highest BCUT2D eigenvalue weighted by molar-refractivity contribution is 7.83. The Morgan fingerprint density at radius 2 is 1.07 bits per heavy atom. The van der Waals surface area contributed by atoms with E-state index in [-0.39, 0.29) is 17.8 Å². The average molecular weight is 223 g/mol. The first kappa shape index (κ1) is 12.3. The van der Waals surface area contributed by atoms with Crippen molar-refractivity contribution in [2.45, 2.75) is 0 Å². The van der Waals surface area contributed by atoms with Crippen molar-refractivity contribution in [1.82, 2.24) is 15.0 Å². The van der Waals surface area contributed by atoms with Gasteiger partial charge in [0.1, 0.15) is 0 Å². The molecular weight excluding hydrogens is 214 g/mol. The molecule has 0 aromatic carbocycles. The molecule has 1 rings (SSSR count). The molecule has 1 aromatic heterocycles. The zero-order valence-electron chi connectivity index (χ0n) is 6.82. The van der Waals surface area contributed by atoms with Crippen LogP contribution in [0.2, 0.25) is 0 Å². The van der Waals surface area contributed by atoms with E-state index < -0.39 is 10.3 Å². The maximum Gasteiger partial charge on any atom is 0.330 e. The van der Waals surface area contributed by atoms with E-state index in [1.807, 2.05) is 0 Å². The van der Waals surface area contributed by atoms with Crippen molar-refractivity contribution >= 4 is 28.1 Å². The number of nitrogens with two attached hydrogens (primary N) is 4. The van der Waals surface area contributed by atoms with Gasteiger partial charge in [-0.1, -0.05) is 0 Å². The Hall–Kier alpha value is -1.72. The van der Waals surface area contributed by atoms with Crippen molar-refractivity contribution < 1.29 is 13.0 Å². The van der Waals surface area contributed by atoms with Gasteiger partial charge in [0.05, 0.1) is 0 Å². The van der Waals surface area contributed by atoms with E-state index in [4.69, 9.17) is 30.2 Å². The number of nitrogen functional groups attached to an aromatic ring is 3. The van der Waals surface area contributed by atoms with Crippen LogP contribution in [0, 0.1) is 0 Å². The molecule has 0 aliphatic heterocycles. The molecule has 0 fully saturated rings. The lowest BCUT2D eigenvalue weighted by Crippen LogP contribution is -2.08. The number of nitrogens with zero attached hydrogens (tertiary/aromatic N) is 3. The summed E-state index contributed by atoms with van der Waals surface area (Å²) in [4.78, 5) is 10.5. The molecule has 0 radical (unpaired) electrons. The van der Waals surface area contributed by atoms with Gasteiger partial charge in [-0.25, -0.2) is 5.14 Å².